The first-order valence-electron chi connectivity index (χ1n) is 6.99. The van der Waals surface area contributed by atoms with Crippen molar-refractivity contribution in [2.45, 2.75) is 31.3 Å². The van der Waals surface area contributed by atoms with Crippen LogP contribution in [0.1, 0.15) is 18.4 Å². The molecule has 0 radical (unpaired) electrons. The van der Waals surface area contributed by atoms with E-state index < -0.39 is 0 Å². The first kappa shape index (κ1) is 13.1. The van der Waals surface area contributed by atoms with E-state index in [1.165, 1.54) is 29.9 Å². The topological polar surface area (TPSA) is 30.5 Å². The number of nitrogens with one attached hydrogen (secondary N) is 1. The summed E-state index contributed by atoms with van der Waals surface area (Å²) in [5, 5.41) is 3.76. The molecule has 1 N–H and O–H groups in total. The number of fused-ring (bicyclic) bond motifs is 1. The SMILES string of the molecule is COc1cccc2c1OC[C@@H](NC1CCSCC1)C2. The number of hydrogen-bond acceptors (Lipinski definition) is 4. The second kappa shape index (κ2) is 6.06. The predicted octanol–water partition coefficient (Wildman–Crippen LogP) is 2.48. The van der Waals surface area contributed by atoms with Crippen molar-refractivity contribution in [2.75, 3.05) is 25.2 Å². The molecule has 1 atom stereocenters. The van der Waals surface area contributed by atoms with Gasteiger partial charge in [0.1, 0.15) is 6.61 Å². The van der Waals surface area contributed by atoms with Gasteiger partial charge in [-0.2, -0.15) is 11.8 Å². The van der Waals surface area contributed by atoms with E-state index in [-0.39, 0.29) is 0 Å². The van der Waals surface area contributed by atoms with Gasteiger partial charge in [-0.3, -0.25) is 0 Å². The fraction of sp³-hybridized carbons (Fsp3) is 0.600. The van der Waals surface area contributed by atoms with Crippen LogP contribution in [-0.2, 0) is 6.42 Å². The minimum absolute atomic E-state index is 0.438. The Morgan fingerprint density at radius 3 is 2.89 bits per heavy atom. The third-order valence-corrected chi connectivity index (χ3v) is 4.92. The van der Waals surface area contributed by atoms with E-state index in [9.17, 15) is 0 Å². The summed E-state index contributed by atoms with van der Waals surface area (Å²) in [7, 11) is 1.70. The number of benzene rings is 1. The van der Waals surface area contributed by atoms with Crippen LogP contribution in [0.4, 0.5) is 0 Å². The van der Waals surface area contributed by atoms with Gasteiger partial charge in [-0.15, -0.1) is 0 Å². The highest BCUT2D eigenvalue weighted by atomic mass is 32.2. The quantitative estimate of drug-likeness (QED) is 0.921. The van der Waals surface area contributed by atoms with Crippen LogP contribution in [0.25, 0.3) is 0 Å². The molecule has 2 aliphatic heterocycles. The van der Waals surface area contributed by atoms with E-state index in [4.69, 9.17) is 9.47 Å². The third kappa shape index (κ3) is 3.00. The van der Waals surface area contributed by atoms with Crippen LogP contribution in [-0.4, -0.2) is 37.3 Å². The average molecular weight is 279 g/mol. The summed E-state index contributed by atoms with van der Waals surface area (Å²) < 4.78 is 11.3. The molecule has 104 valence electrons. The Labute approximate surface area is 119 Å². The molecule has 1 fully saturated rings. The molecule has 0 unspecified atom stereocenters. The maximum atomic E-state index is 5.91. The van der Waals surface area contributed by atoms with Crippen molar-refractivity contribution in [3.8, 4) is 11.5 Å². The highest BCUT2D eigenvalue weighted by molar-refractivity contribution is 7.99. The highest BCUT2D eigenvalue weighted by Gasteiger charge is 2.25. The Kier molecular flexibility index (Phi) is 4.18. The van der Waals surface area contributed by atoms with Gasteiger partial charge in [0.2, 0.25) is 0 Å². The van der Waals surface area contributed by atoms with Crippen molar-refractivity contribution < 1.29 is 9.47 Å². The Morgan fingerprint density at radius 2 is 2.11 bits per heavy atom. The number of hydrogen-bond donors (Lipinski definition) is 1. The highest BCUT2D eigenvalue weighted by Crippen LogP contribution is 2.34. The van der Waals surface area contributed by atoms with Crippen LogP contribution in [0.15, 0.2) is 18.2 Å². The molecule has 1 aromatic carbocycles. The van der Waals surface area contributed by atoms with Crippen LogP contribution in [0.2, 0.25) is 0 Å². The molecule has 19 heavy (non-hydrogen) atoms. The number of thioether (sulfide) groups is 1. The fourth-order valence-corrected chi connectivity index (χ4v) is 3.97. The maximum Gasteiger partial charge on any atom is 0.164 e. The first-order valence-corrected chi connectivity index (χ1v) is 8.15. The number of methoxy groups -OCH3 is 1. The normalized spacial score (nSPS) is 23.5. The van der Waals surface area contributed by atoms with Crippen molar-refractivity contribution in [1.82, 2.24) is 5.32 Å². The standard InChI is InChI=1S/C15H21NO2S/c1-17-14-4-2-3-11-9-13(10-18-15(11)14)16-12-5-7-19-8-6-12/h2-4,12-13,16H,5-10H2,1H3/t13-/m0/s1. The van der Waals surface area contributed by atoms with E-state index in [0.29, 0.717) is 12.1 Å². The Hall–Kier alpha value is -0.870. The molecule has 2 heterocycles. The number of ether oxygens (including phenoxy) is 2. The first-order chi connectivity index (χ1) is 9.36. The second-order valence-electron chi connectivity index (χ2n) is 5.21. The Balaban J connectivity index is 1.65. The Bertz CT molecular complexity index is 432. The van der Waals surface area contributed by atoms with Crippen LogP contribution < -0.4 is 14.8 Å². The van der Waals surface area contributed by atoms with Gasteiger partial charge in [-0.25, -0.2) is 0 Å². The average Bonchev–Trinajstić information content (AvgIpc) is 2.47. The van der Waals surface area contributed by atoms with Crippen LogP contribution in [0, 0.1) is 0 Å². The molecule has 0 aromatic heterocycles. The van der Waals surface area contributed by atoms with E-state index >= 15 is 0 Å². The fourth-order valence-electron chi connectivity index (χ4n) is 2.86. The van der Waals surface area contributed by atoms with Crippen molar-refractivity contribution >= 4 is 11.8 Å². The molecular formula is C15H21NO2S. The van der Waals surface area contributed by atoms with Gasteiger partial charge in [0.05, 0.1) is 7.11 Å². The van der Waals surface area contributed by atoms with Crippen molar-refractivity contribution in [3.05, 3.63) is 23.8 Å². The molecule has 1 aromatic rings. The van der Waals surface area contributed by atoms with Crippen molar-refractivity contribution in [2.24, 2.45) is 0 Å². The van der Waals surface area contributed by atoms with Crippen LogP contribution in [0.3, 0.4) is 0 Å². The summed E-state index contributed by atoms with van der Waals surface area (Å²) in [6, 6.07) is 7.25. The summed E-state index contributed by atoms with van der Waals surface area (Å²) in [4.78, 5) is 0. The van der Waals surface area contributed by atoms with Gasteiger partial charge >= 0.3 is 0 Å². The lowest BCUT2D eigenvalue weighted by atomic mass is 10.0. The van der Waals surface area contributed by atoms with Crippen LogP contribution in [0.5, 0.6) is 11.5 Å². The third-order valence-electron chi connectivity index (χ3n) is 3.87. The van der Waals surface area contributed by atoms with E-state index in [1.54, 1.807) is 7.11 Å². The summed E-state index contributed by atoms with van der Waals surface area (Å²) in [5.41, 5.74) is 1.26. The largest absolute Gasteiger partial charge is 0.493 e. The molecule has 0 spiro atoms. The lowest BCUT2D eigenvalue weighted by molar-refractivity contribution is 0.215. The van der Waals surface area contributed by atoms with Gasteiger partial charge in [0.25, 0.3) is 0 Å². The summed E-state index contributed by atoms with van der Waals surface area (Å²) in [5.74, 6) is 4.36. The minimum Gasteiger partial charge on any atom is -0.493 e. The molecule has 0 bridgehead atoms. The lowest BCUT2D eigenvalue weighted by Gasteiger charge is -2.32. The maximum absolute atomic E-state index is 5.91. The molecule has 4 heteroatoms. The molecule has 0 aliphatic carbocycles. The molecule has 2 aliphatic rings. The van der Waals surface area contributed by atoms with Gasteiger partial charge in [0, 0.05) is 12.1 Å². The zero-order chi connectivity index (χ0) is 13.1. The monoisotopic (exact) mass is 279 g/mol. The molecule has 0 amide bonds. The number of para-hydroxylation sites is 1. The Morgan fingerprint density at radius 1 is 1.26 bits per heavy atom. The molecule has 3 rings (SSSR count). The van der Waals surface area contributed by atoms with Gasteiger partial charge in [-0.1, -0.05) is 12.1 Å². The number of rotatable bonds is 3. The predicted molar refractivity (Wildman–Crippen MR) is 79.5 cm³/mol. The van der Waals surface area contributed by atoms with Gasteiger partial charge in [0.15, 0.2) is 11.5 Å². The smallest absolute Gasteiger partial charge is 0.164 e. The molecule has 3 nitrogen and oxygen atoms in total. The lowest BCUT2D eigenvalue weighted by Crippen LogP contribution is -2.46. The summed E-state index contributed by atoms with van der Waals surface area (Å²) >= 11 is 2.07. The van der Waals surface area contributed by atoms with Gasteiger partial charge in [-0.05, 0) is 42.4 Å². The van der Waals surface area contributed by atoms with E-state index in [2.05, 4.69) is 23.1 Å². The van der Waals surface area contributed by atoms with Crippen molar-refractivity contribution in [1.29, 1.82) is 0 Å². The van der Waals surface area contributed by atoms with E-state index in [0.717, 1.165) is 24.5 Å². The van der Waals surface area contributed by atoms with Crippen molar-refractivity contribution in [3.63, 3.8) is 0 Å². The minimum atomic E-state index is 0.438. The second-order valence-corrected chi connectivity index (χ2v) is 6.44. The van der Waals surface area contributed by atoms with Gasteiger partial charge < -0.3 is 14.8 Å². The molecular weight excluding hydrogens is 258 g/mol. The zero-order valence-corrected chi connectivity index (χ0v) is 12.2. The zero-order valence-electron chi connectivity index (χ0n) is 11.4. The van der Waals surface area contributed by atoms with Crippen LogP contribution >= 0.6 is 11.8 Å². The molecule has 1 saturated heterocycles. The van der Waals surface area contributed by atoms with E-state index in [1.807, 2.05) is 12.1 Å². The summed E-state index contributed by atoms with van der Waals surface area (Å²) in [6.45, 7) is 0.747. The molecule has 0 saturated carbocycles. The summed E-state index contributed by atoms with van der Waals surface area (Å²) in [6.07, 6.45) is 3.61.